The molecule has 66 heavy (non-hydrogen) atoms. The summed E-state index contributed by atoms with van der Waals surface area (Å²) in [5.41, 5.74) is 0. The van der Waals surface area contributed by atoms with E-state index in [2.05, 4.69) is 130 Å². The van der Waals surface area contributed by atoms with E-state index in [1.807, 2.05) is 12.2 Å². The van der Waals surface area contributed by atoms with Crippen molar-refractivity contribution in [3.8, 4) is 0 Å². The highest BCUT2D eigenvalue weighted by molar-refractivity contribution is 5.71. The molecule has 0 amide bonds. The minimum Gasteiger partial charge on any atom is -0.462 e. The zero-order valence-corrected chi connectivity index (χ0v) is 42.4. The number of allylic oxidation sites excluding steroid dienone is 20. The van der Waals surface area contributed by atoms with E-state index in [1.54, 1.807) is 0 Å². The molecule has 0 spiro atoms. The van der Waals surface area contributed by atoms with E-state index in [1.165, 1.54) is 83.5 Å². The van der Waals surface area contributed by atoms with Crippen LogP contribution in [0.2, 0.25) is 0 Å². The molecular formula is C60H96O6. The van der Waals surface area contributed by atoms with Crippen LogP contribution in [-0.4, -0.2) is 37.2 Å². The van der Waals surface area contributed by atoms with Gasteiger partial charge in [0.25, 0.3) is 0 Å². The molecule has 6 nitrogen and oxygen atoms in total. The predicted octanol–water partition coefficient (Wildman–Crippen LogP) is 17.7. The Morgan fingerprint density at radius 2 is 0.636 bits per heavy atom. The van der Waals surface area contributed by atoms with Crippen LogP contribution in [0.4, 0.5) is 0 Å². The van der Waals surface area contributed by atoms with Crippen LogP contribution in [0.15, 0.2) is 122 Å². The summed E-state index contributed by atoms with van der Waals surface area (Å²) in [5.74, 6) is -1.07. The molecule has 0 saturated carbocycles. The van der Waals surface area contributed by atoms with Crippen molar-refractivity contribution in [2.75, 3.05) is 13.2 Å². The summed E-state index contributed by atoms with van der Waals surface area (Å²) in [7, 11) is 0. The topological polar surface area (TPSA) is 78.9 Å². The van der Waals surface area contributed by atoms with Gasteiger partial charge in [-0.1, -0.05) is 226 Å². The van der Waals surface area contributed by atoms with Gasteiger partial charge in [0.05, 0.1) is 0 Å². The van der Waals surface area contributed by atoms with Crippen LogP contribution in [0.3, 0.4) is 0 Å². The van der Waals surface area contributed by atoms with Crippen LogP contribution in [0.1, 0.15) is 220 Å². The Morgan fingerprint density at radius 1 is 0.318 bits per heavy atom. The predicted molar refractivity (Wildman–Crippen MR) is 283 cm³/mol. The van der Waals surface area contributed by atoms with Crippen LogP contribution in [0.25, 0.3) is 0 Å². The van der Waals surface area contributed by atoms with Crippen molar-refractivity contribution in [3.05, 3.63) is 122 Å². The standard InChI is InChI=1S/C60H96O6/c1-4-7-10-13-16-19-22-25-27-29-30-32-34-36-39-41-44-47-50-53-59(62)65-56-57(66-60(63)54-51-48-45-42-37-24-21-18-15-12-9-6-3)55-64-58(61)52-49-46-43-40-38-35-33-31-28-26-23-20-17-14-11-8-5-2/h7,10,16-17,19-20,25-28,30,32-33,35-36,39-40,43-44,47,57H,4-6,8-9,11-15,18,21-24,29,31,34,37-38,41-42,45-46,48-56H2,1-3H3/b10-7-,19-16-,20-17-,27-25-,28-26-,32-30-,35-33-,39-36-,43-40-,47-44-/t57-/m0/s1. The third-order valence-electron chi connectivity index (χ3n) is 10.7. The maximum absolute atomic E-state index is 12.8. The van der Waals surface area contributed by atoms with Crippen LogP contribution in [0, 0.1) is 0 Å². The fourth-order valence-corrected chi connectivity index (χ4v) is 6.75. The summed E-state index contributed by atoms with van der Waals surface area (Å²) in [4.78, 5) is 38.0. The minimum atomic E-state index is -0.831. The third kappa shape index (κ3) is 50.8. The van der Waals surface area contributed by atoms with Crippen LogP contribution >= 0.6 is 0 Å². The van der Waals surface area contributed by atoms with Crippen molar-refractivity contribution in [1.29, 1.82) is 0 Å². The number of unbranched alkanes of at least 4 members (excludes halogenated alkanes) is 15. The number of hydrogen-bond acceptors (Lipinski definition) is 6. The molecule has 0 radical (unpaired) electrons. The summed E-state index contributed by atoms with van der Waals surface area (Å²) < 4.78 is 16.7. The molecule has 0 unspecified atom stereocenters. The number of esters is 3. The first kappa shape index (κ1) is 61.8. The normalized spacial score (nSPS) is 13.1. The van der Waals surface area contributed by atoms with E-state index in [0.717, 1.165) is 83.5 Å². The molecule has 0 aromatic carbocycles. The van der Waals surface area contributed by atoms with Crippen molar-refractivity contribution in [3.63, 3.8) is 0 Å². The number of carbonyl (C=O) groups is 3. The number of hydrogen-bond donors (Lipinski definition) is 0. The van der Waals surface area contributed by atoms with Gasteiger partial charge in [-0.15, -0.1) is 0 Å². The Kier molecular flexibility index (Phi) is 50.0. The van der Waals surface area contributed by atoms with Crippen molar-refractivity contribution in [1.82, 2.24) is 0 Å². The smallest absolute Gasteiger partial charge is 0.306 e. The van der Waals surface area contributed by atoms with Crippen LogP contribution in [-0.2, 0) is 28.6 Å². The second-order valence-corrected chi connectivity index (χ2v) is 17.1. The highest BCUT2D eigenvalue weighted by Crippen LogP contribution is 2.14. The van der Waals surface area contributed by atoms with Gasteiger partial charge in [-0.25, -0.2) is 0 Å². The Bertz CT molecular complexity index is 1420. The molecule has 6 heteroatoms. The first-order chi connectivity index (χ1) is 32.5. The molecule has 0 bridgehead atoms. The molecule has 0 aromatic heterocycles. The first-order valence-electron chi connectivity index (χ1n) is 26.5. The van der Waals surface area contributed by atoms with Gasteiger partial charge in [0.15, 0.2) is 6.10 Å². The molecule has 1 atom stereocenters. The molecule has 0 aliphatic rings. The lowest BCUT2D eigenvalue weighted by Crippen LogP contribution is -2.30. The molecule has 0 rings (SSSR count). The number of ether oxygens (including phenoxy) is 3. The fourth-order valence-electron chi connectivity index (χ4n) is 6.75. The van der Waals surface area contributed by atoms with Crippen LogP contribution < -0.4 is 0 Å². The highest BCUT2D eigenvalue weighted by Gasteiger charge is 2.19. The molecule has 0 N–H and O–H groups in total. The molecular weight excluding hydrogens is 817 g/mol. The maximum Gasteiger partial charge on any atom is 0.306 e. The summed E-state index contributed by atoms with van der Waals surface area (Å²) in [5, 5.41) is 0. The Morgan fingerprint density at radius 3 is 1.06 bits per heavy atom. The first-order valence-corrected chi connectivity index (χ1v) is 26.5. The maximum atomic E-state index is 12.8. The zero-order valence-electron chi connectivity index (χ0n) is 42.4. The van der Waals surface area contributed by atoms with E-state index in [-0.39, 0.29) is 44.0 Å². The molecule has 372 valence electrons. The van der Waals surface area contributed by atoms with Crippen LogP contribution in [0.5, 0.6) is 0 Å². The summed E-state index contributed by atoms with van der Waals surface area (Å²) in [6.45, 7) is 6.36. The monoisotopic (exact) mass is 913 g/mol. The van der Waals surface area contributed by atoms with Gasteiger partial charge >= 0.3 is 17.9 Å². The van der Waals surface area contributed by atoms with Crippen molar-refractivity contribution >= 4 is 17.9 Å². The van der Waals surface area contributed by atoms with Crippen molar-refractivity contribution in [2.45, 2.75) is 226 Å². The second-order valence-electron chi connectivity index (χ2n) is 17.1. The van der Waals surface area contributed by atoms with E-state index in [4.69, 9.17) is 14.2 Å². The van der Waals surface area contributed by atoms with E-state index < -0.39 is 6.10 Å². The molecule has 0 fully saturated rings. The summed E-state index contributed by atoms with van der Waals surface area (Å²) in [6.07, 6.45) is 73.4. The van der Waals surface area contributed by atoms with Gasteiger partial charge in [0, 0.05) is 19.3 Å². The van der Waals surface area contributed by atoms with E-state index >= 15 is 0 Å². The zero-order chi connectivity index (χ0) is 47.9. The highest BCUT2D eigenvalue weighted by atomic mass is 16.6. The quantitative estimate of drug-likeness (QED) is 0.0262. The largest absolute Gasteiger partial charge is 0.462 e. The van der Waals surface area contributed by atoms with Gasteiger partial charge in [0.1, 0.15) is 13.2 Å². The second kappa shape index (κ2) is 53.4. The number of rotatable bonds is 46. The van der Waals surface area contributed by atoms with Gasteiger partial charge < -0.3 is 14.2 Å². The average molecular weight is 913 g/mol. The molecule has 0 aromatic rings. The molecule has 0 heterocycles. The Hall–Kier alpha value is -4.19. The van der Waals surface area contributed by atoms with Gasteiger partial charge in [-0.2, -0.15) is 0 Å². The molecule has 0 saturated heterocycles. The van der Waals surface area contributed by atoms with Gasteiger partial charge in [0.2, 0.25) is 0 Å². The van der Waals surface area contributed by atoms with E-state index in [0.29, 0.717) is 19.3 Å². The summed E-state index contributed by atoms with van der Waals surface area (Å²) in [6, 6.07) is 0. The lowest BCUT2D eigenvalue weighted by Gasteiger charge is -2.18. The van der Waals surface area contributed by atoms with Gasteiger partial charge in [-0.3, -0.25) is 14.4 Å². The van der Waals surface area contributed by atoms with Gasteiger partial charge in [-0.05, 0) is 96.3 Å². The minimum absolute atomic E-state index is 0.131. The summed E-state index contributed by atoms with van der Waals surface area (Å²) >= 11 is 0. The molecule has 0 aliphatic carbocycles. The third-order valence-corrected chi connectivity index (χ3v) is 10.7. The number of carbonyl (C=O) groups excluding carboxylic acids is 3. The lowest BCUT2D eigenvalue weighted by atomic mass is 10.0. The van der Waals surface area contributed by atoms with E-state index in [9.17, 15) is 14.4 Å². The average Bonchev–Trinajstić information content (AvgIpc) is 3.31. The Balaban J connectivity index is 4.58. The Labute approximate surface area is 405 Å². The van der Waals surface area contributed by atoms with Crippen molar-refractivity contribution in [2.24, 2.45) is 0 Å². The lowest BCUT2D eigenvalue weighted by molar-refractivity contribution is -0.166. The SMILES string of the molecule is CC/C=C\C/C=C\C/C=C\C/C=C\C/C=C\C/C=C\CCC(=O)OC[C@H](COC(=O)CCC/C=C\C/C=C\C/C=C\C/C=C\CCCCC)OC(=O)CCCCCCCCCCCCCC. The fraction of sp³-hybridized carbons (Fsp3) is 0.617. The van der Waals surface area contributed by atoms with Crippen molar-refractivity contribution < 1.29 is 28.6 Å². The molecule has 0 aliphatic heterocycles.